The second kappa shape index (κ2) is 6.35. The normalized spacial score (nSPS) is 25.4. The minimum atomic E-state index is -5.72. The van der Waals surface area contributed by atoms with Crippen molar-refractivity contribution in [2.24, 2.45) is 0 Å². The summed E-state index contributed by atoms with van der Waals surface area (Å²) in [5.41, 5.74) is -6.22. The molecule has 0 radical (unpaired) electrons. The molecule has 2 atom stereocenters. The molecule has 1 saturated heterocycles. The molecule has 0 aromatic carbocycles. The van der Waals surface area contributed by atoms with E-state index in [0.717, 1.165) is 0 Å². The van der Waals surface area contributed by atoms with Gasteiger partial charge in [0.1, 0.15) is 11.4 Å². The van der Waals surface area contributed by atoms with E-state index in [-0.39, 0.29) is 12.2 Å². The molecule has 144 valence electrons. The fourth-order valence-corrected chi connectivity index (χ4v) is 3.36. The monoisotopic (exact) mass is 386 g/mol. The molecular formula is C14H21F3N2O5S. The maximum Gasteiger partial charge on any atom is 0.534 e. The van der Waals surface area contributed by atoms with Crippen molar-refractivity contribution >= 4 is 16.2 Å². The predicted octanol–water partition coefficient (Wildman–Crippen LogP) is 2.06. The highest BCUT2D eigenvalue weighted by Gasteiger charge is 2.50. The van der Waals surface area contributed by atoms with Crippen LogP contribution in [0.1, 0.15) is 27.2 Å². The molecule has 2 aliphatic rings. The third-order valence-electron chi connectivity index (χ3n) is 3.69. The molecular weight excluding hydrogens is 365 g/mol. The molecule has 25 heavy (non-hydrogen) atoms. The summed E-state index contributed by atoms with van der Waals surface area (Å²) in [5.74, 6) is -0.305. The van der Waals surface area contributed by atoms with Gasteiger partial charge in [0.05, 0.1) is 12.1 Å². The first-order chi connectivity index (χ1) is 11.2. The zero-order chi connectivity index (χ0) is 19.2. The Morgan fingerprint density at radius 2 is 1.84 bits per heavy atom. The number of hydrogen-bond donors (Lipinski definition) is 0. The highest BCUT2D eigenvalue weighted by atomic mass is 32.2. The van der Waals surface area contributed by atoms with Crippen molar-refractivity contribution in [1.29, 1.82) is 0 Å². The van der Waals surface area contributed by atoms with E-state index in [1.54, 1.807) is 27.8 Å². The Morgan fingerprint density at radius 1 is 1.24 bits per heavy atom. The molecule has 1 fully saturated rings. The minimum absolute atomic E-state index is 0.143. The van der Waals surface area contributed by atoms with E-state index in [2.05, 4.69) is 4.18 Å². The van der Waals surface area contributed by atoms with Crippen molar-refractivity contribution in [1.82, 2.24) is 9.80 Å². The average Bonchev–Trinajstić information content (AvgIpc) is 2.32. The van der Waals surface area contributed by atoms with Crippen molar-refractivity contribution < 1.29 is 35.3 Å². The smallest absolute Gasteiger partial charge is 0.444 e. The van der Waals surface area contributed by atoms with Crippen LogP contribution in [0, 0.1) is 0 Å². The third-order valence-corrected chi connectivity index (χ3v) is 4.69. The first-order valence-electron chi connectivity index (χ1n) is 7.61. The van der Waals surface area contributed by atoms with Crippen LogP contribution < -0.4 is 0 Å². The van der Waals surface area contributed by atoms with Crippen LogP contribution in [0.25, 0.3) is 0 Å². The lowest BCUT2D eigenvalue weighted by Gasteiger charge is -2.47. The van der Waals surface area contributed by atoms with E-state index < -0.39 is 39.4 Å². The van der Waals surface area contributed by atoms with Crippen LogP contribution in [0.2, 0.25) is 0 Å². The minimum Gasteiger partial charge on any atom is -0.444 e. The number of alkyl halides is 3. The Morgan fingerprint density at radius 3 is 2.32 bits per heavy atom. The number of fused-ring (bicyclic) bond motifs is 2. The number of piperazine rings is 1. The largest absolute Gasteiger partial charge is 0.534 e. The summed E-state index contributed by atoms with van der Waals surface area (Å²) in [4.78, 5) is 15.7. The van der Waals surface area contributed by atoms with Crippen LogP contribution in [0.15, 0.2) is 11.8 Å². The highest BCUT2D eigenvalue weighted by molar-refractivity contribution is 7.87. The van der Waals surface area contributed by atoms with Gasteiger partial charge in [-0.3, -0.25) is 4.90 Å². The van der Waals surface area contributed by atoms with E-state index in [9.17, 15) is 26.4 Å². The summed E-state index contributed by atoms with van der Waals surface area (Å²) in [6, 6.07) is -1.17. The van der Waals surface area contributed by atoms with Crippen LogP contribution in [-0.4, -0.2) is 67.6 Å². The van der Waals surface area contributed by atoms with Gasteiger partial charge in [-0.15, -0.1) is 0 Å². The second-order valence-corrected chi connectivity index (χ2v) is 8.69. The predicted molar refractivity (Wildman–Crippen MR) is 81.9 cm³/mol. The molecule has 2 heterocycles. The number of halogens is 3. The van der Waals surface area contributed by atoms with Crippen molar-refractivity contribution in [3.8, 4) is 0 Å². The van der Waals surface area contributed by atoms with E-state index >= 15 is 0 Å². The molecule has 11 heteroatoms. The molecule has 0 N–H and O–H groups in total. The maximum absolute atomic E-state index is 12.5. The van der Waals surface area contributed by atoms with Gasteiger partial charge in [0.15, 0.2) is 0 Å². The lowest BCUT2D eigenvalue weighted by atomic mass is 9.97. The molecule has 2 rings (SSSR count). The molecule has 7 nitrogen and oxygen atoms in total. The van der Waals surface area contributed by atoms with Crippen molar-refractivity contribution in [3.05, 3.63) is 11.8 Å². The summed E-state index contributed by atoms with van der Waals surface area (Å²) >= 11 is 0. The van der Waals surface area contributed by atoms with Gasteiger partial charge in [-0.25, -0.2) is 4.79 Å². The Bertz CT molecular complexity index is 669. The molecule has 2 bridgehead atoms. The van der Waals surface area contributed by atoms with Gasteiger partial charge in [0, 0.05) is 19.5 Å². The Labute approximate surface area is 144 Å². The summed E-state index contributed by atoms with van der Waals surface area (Å²) in [6.07, 6.45) is 0.499. The number of rotatable bonds is 2. The number of carbonyl (C=O) groups excluding carboxylic acids is 1. The van der Waals surface area contributed by atoms with Crippen LogP contribution in [0.4, 0.5) is 18.0 Å². The Balaban J connectivity index is 2.25. The van der Waals surface area contributed by atoms with Gasteiger partial charge >= 0.3 is 21.7 Å². The standard InChI is InChI=1S/C14H21F3N2O5S/c1-13(2,3)23-12(20)19-9-5-11(6-10(19)8-18(4)7-9)24-25(21,22)14(15,16)17/h5,9-10H,6-8H2,1-4H3. The Kier molecular flexibility index (Phi) is 5.03. The zero-order valence-electron chi connectivity index (χ0n) is 14.3. The van der Waals surface area contributed by atoms with E-state index in [4.69, 9.17) is 4.74 Å². The third kappa shape index (κ3) is 4.57. The van der Waals surface area contributed by atoms with Gasteiger partial charge in [-0.1, -0.05) is 0 Å². The summed E-state index contributed by atoms with van der Waals surface area (Å²) in [5, 5.41) is 0. The fraction of sp³-hybridized carbons (Fsp3) is 0.786. The maximum atomic E-state index is 12.5. The van der Waals surface area contributed by atoms with Gasteiger partial charge in [0.25, 0.3) is 0 Å². The van der Waals surface area contributed by atoms with Crippen LogP contribution in [0.5, 0.6) is 0 Å². The first kappa shape index (κ1) is 19.8. The van der Waals surface area contributed by atoms with Gasteiger partial charge in [-0.05, 0) is 33.9 Å². The lowest BCUT2D eigenvalue weighted by Crippen LogP contribution is -2.61. The number of hydrogen-bond acceptors (Lipinski definition) is 6. The molecule has 2 unspecified atom stereocenters. The fourth-order valence-electron chi connectivity index (χ4n) is 2.86. The molecule has 0 saturated carbocycles. The van der Waals surface area contributed by atoms with Crippen LogP contribution in [0.3, 0.4) is 0 Å². The summed E-state index contributed by atoms with van der Waals surface area (Å²) in [7, 11) is -3.92. The van der Waals surface area contributed by atoms with Gasteiger partial charge in [-0.2, -0.15) is 21.6 Å². The summed E-state index contributed by atoms with van der Waals surface area (Å²) < 4.78 is 69.5. The molecule has 0 aromatic rings. The quantitative estimate of drug-likeness (QED) is 0.534. The molecule has 2 aliphatic heterocycles. The number of amides is 1. The Hall–Kier alpha value is -1.49. The SMILES string of the molecule is CN1CC2C=C(OS(=O)(=O)C(F)(F)F)CC(C1)N2C(=O)OC(C)(C)C. The summed E-state index contributed by atoms with van der Waals surface area (Å²) in [6.45, 7) is 5.81. The molecule has 1 amide bonds. The van der Waals surface area contributed by atoms with Crippen molar-refractivity contribution in [2.75, 3.05) is 20.1 Å². The topological polar surface area (TPSA) is 76.2 Å². The van der Waals surface area contributed by atoms with Crippen LogP contribution in [-0.2, 0) is 19.0 Å². The van der Waals surface area contributed by atoms with E-state index in [1.807, 2.05) is 4.90 Å². The second-order valence-electron chi connectivity index (χ2n) is 7.15. The molecule has 0 aliphatic carbocycles. The van der Waals surface area contributed by atoms with E-state index in [1.165, 1.54) is 11.0 Å². The van der Waals surface area contributed by atoms with Crippen LogP contribution >= 0.6 is 0 Å². The van der Waals surface area contributed by atoms with Gasteiger partial charge in [0.2, 0.25) is 0 Å². The number of nitrogens with zero attached hydrogens (tertiary/aromatic N) is 2. The highest BCUT2D eigenvalue weighted by Crippen LogP contribution is 2.33. The molecule has 0 aromatic heterocycles. The number of carbonyl (C=O) groups is 1. The number of ether oxygens (including phenoxy) is 1. The average molecular weight is 386 g/mol. The number of likely N-dealkylation sites (N-methyl/N-ethyl adjacent to an activating group) is 1. The first-order valence-corrected chi connectivity index (χ1v) is 9.02. The van der Waals surface area contributed by atoms with Crippen molar-refractivity contribution in [2.45, 2.75) is 50.4 Å². The molecule has 0 spiro atoms. The van der Waals surface area contributed by atoms with Gasteiger partial charge < -0.3 is 13.8 Å². The van der Waals surface area contributed by atoms with E-state index in [0.29, 0.717) is 13.1 Å². The lowest BCUT2D eigenvalue weighted by molar-refractivity contribution is -0.0536. The van der Waals surface area contributed by atoms with Crippen molar-refractivity contribution in [3.63, 3.8) is 0 Å². The zero-order valence-corrected chi connectivity index (χ0v) is 15.1.